The van der Waals surface area contributed by atoms with Crippen LogP contribution in [0.2, 0.25) is 0 Å². The number of pyridine rings is 1. The molecular formula is C19H23N5O2S. The van der Waals surface area contributed by atoms with Gasteiger partial charge in [-0.05, 0) is 37.5 Å². The van der Waals surface area contributed by atoms with Crippen molar-refractivity contribution in [2.75, 3.05) is 6.54 Å². The maximum absolute atomic E-state index is 12.3. The summed E-state index contributed by atoms with van der Waals surface area (Å²) >= 11 is 1.27. The number of hydrogen-bond acceptors (Lipinski definition) is 5. The minimum atomic E-state index is -0.498. The van der Waals surface area contributed by atoms with Crippen molar-refractivity contribution in [3.8, 4) is 0 Å². The molecule has 3 aromatic rings. The minimum absolute atomic E-state index is 0.316. The van der Waals surface area contributed by atoms with Gasteiger partial charge in [-0.1, -0.05) is 43.8 Å². The highest BCUT2D eigenvalue weighted by molar-refractivity contribution is 8.00. The first-order valence-electron chi connectivity index (χ1n) is 8.85. The number of imide groups is 1. The van der Waals surface area contributed by atoms with E-state index < -0.39 is 11.3 Å². The number of carbonyl (C=O) groups is 2. The molecule has 7 nitrogen and oxygen atoms in total. The van der Waals surface area contributed by atoms with Gasteiger partial charge in [0.15, 0.2) is 10.8 Å². The number of nitrogens with one attached hydrogen (secondary N) is 2. The van der Waals surface area contributed by atoms with Gasteiger partial charge in [0, 0.05) is 11.9 Å². The molecule has 3 rings (SSSR count). The second-order valence-corrected chi connectivity index (χ2v) is 8.18. The molecule has 0 fully saturated rings. The molecule has 0 radical (unpaired) electrons. The van der Waals surface area contributed by atoms with E-state index in [4.69, 9.17) is 0 Å². The lowest BCUT2D eigenvalue weighted by atomic mass is 10.1. The Labute approximate surface area is 161 Å². The summed E-state index contributed by atoms with van der Waals surface area (Å²) in [5, 5.41) is 14.8. The molecule has 2 N–H and O–H groups in total. The molecule has 0 bridgehead atoms. The highest BCUT2D eigenvalue weighted by Crippen LogP contribution is 2.27. The van der Waals surface area contributed by atoms with Crippen LogP contribution in [-0.2, 0) is 4.79 Å². The highest BCUT2D eigenvalue weighted by atomic mass is 32.2. The molecule has 0 saturated heterocycles. The summed E-state index contributed by atoms with van der Waals surface area (Å²) in [4.78, 5) is 24.1. The van der Waals surface area contributed by atoms with Gasteiger partial charge in [-0.15, -0.1) is 10.2 Å². The van der Waals surface area contributed by atoms with Crippen molar-refractivity contribution in [2.45, 2.75) is 38.1 Å². The number of nitrogens with zero attached hydrogens (tertiary/aromatic N) is 3. The Hall–Kier alpha value is -2.61. The van der Waals surface area contributed by atoms with E-state index in [1.807, 2.05) is 55.5 Å². The molecule has 0 aliphatic rings. The van der Waals surface area contributed by atoms with Crippen LogP contribution in [0.3, 0.4) is 0 Å². The summed E-state index contributed by atoms with van der Waals surface area (Å²) in [6, 6.07) is 9.51. The third-order valence-corrected chi connectivity index (χ3v) is 5.18. The quantitative estimate of drug-likeness (QED) is 0.659. The standard InChI is InChI=1S/C19H23N5O2S/c1-11(2)10-20-18(26)21-17(25)13(4)27-19-23-22-16-9-12(3)14-7-5-6-8-15(14)24(16)19/h5-9,11,13H,10H2,1-4H3,(H2,20,21,25,26). The van der Waals surface area contributed by atoms with Gasteiger partial charge in [0.25, 0.3) is 0 Å². The fraction of sp³-hybridized carbons (Fsp3) is 0.368. The number of urea groups is 1. The Morgan fingerprint density at radius 3 is 2.67 bits per heavy atom. The van der Waals surface area contributed by atoms with Crippen molar-refractivity contribution in [2.24, 2.45) is 5.92 Å². The van der Waals surface area contributed by atoms with Gasteiger partial charge in [0.2, 0.25) is 5.91 Å². The minimum Gasteiger partial charge on any atom is -0.338 e. The van der Waals surface area contributed by atoms with E-state index in [0.29, 0.717) is 17.6 Å². The molecule has 27 heavy (non-hydrogen) atoms. The average Bonchev–Trinajstić information content (AvgIpc) is 3.02. The van der Waals surface area contributed by atoms with Gasteiger partial charge in [-0.2, -0.15) is 0 Å². The first kappa shape index (κ1) is 19.2. The first-order chi connectivity index (χ1) is 12.9. The normalized spacial score (nSPS) is 12.5. The van der Waals surface area contributed by atoms with E-state index in [1.54, 1.807) is 6.92 Å². The predicted octanol–water partition coefficient (Wildman–Crippen LogP) is 3.15. The molecular weight excluding hydrogens is 362 g/mol. The third kappa shape index (κ3) is 4.21. The zero-order valence-electron chi connectivity index (χ0n) is 15.8. The van der Waals surface area contributed by atoms with Crippen molar-refractivity contribution < 1.29 is 9.59 Å². The fourth-order valence-electron chi connectivity index (χ4n) is 2.72. The van der Waals surface area contributed by atoms with Crippen molar-refractivity contribution in [1.29, 1.82) is 0 Å². The van der Waals surface area contributed by atoms with Gasteiger partial charge in [-0.25, -0.2) is 4.79 Å². The summed E-state index contributed by atoms with van der Waals surface area (Å²) in [5.74, 6) is -0.0498. The van der Waals surface area contributed by atoms with Crippen LogP contribution in [0.25, 0.3) is 16.6 Å². The molecule has 1 unspecified atom stereocenters. The lowest BCUT2D eigenvalue weighted by Gasteiger charge is -2.12. The number of thioether (sulfide) groups is 1. The Morgan fingerprint density at radius 1 is 1.19 bits per heavy atom. The average molecular weight is 385 g/mol. The molecule has 3 amide bonds. The molecule has 8 heteroatoms. The van der Waals surface area contributed by atoms with E-state index in [-0.39, 0.29) is 5.91 Å². The fourth-order valence-corrected chi connectivity index (χ4v) is 3.58. The topological polar surface area (TPSA) is 88.4 Å². The van der Waals surface area contributed by atoms with E-state index in [9.17, 15) is 9.59 Å². The van der Waals surface area contributed by atoms with E-state index in [1.165, 1.54) is 11.8 Å². The van der Waals surface area contributed by atoms with Crippen LogP contribution in [0, 0.1) is 12.8 Å². The molecule has 2 heterocycles. The second-order valence-electron chi connectivity index (χ2n) is 6.87. The number of amides is 3. The predicted molar refractivity (Wildman–Crippen MR) is 107 cm³/mol. The number of benzene rings is 1. The highest BCUT2D eigenvalue weighted by Gasteiger charge is 2.21. The molecule has 0 saturated carbocycles. The molecule has 2 aromatic heterocycles. The van der Waals surface area contributed by atoms with Gasteiger partial charge in [0.05, 0.1) is 10.8 Å². The van der Waals surface area contributed by atoms with Crippen LogP contribution >= 0.6 is 11.8 Å². The molecule has 0 aliphatic carbocycles. The monoisotopic (exact) mass is 385 g/mol. The van der Waals surface area contributed by atoms with Gasteiger partial charge >= 0.3 is 6.03 Å². The summed E-state index contributed by atoms with van der Waals surface area (Å²) in [5.41, 5.74) is 2.84. The second kappa shape index (κ2) is 7.96. The molecule has 1 atom stereocenters. The molecule has 142 valence electrons. The van der Waals surface area contributed by atoms with Crippen LogP contribution in [0.1, 0.15) is 26.3 Å². The van der Waals surface area contributed by atoms with Crippen LogP contribution in [0.4, 0.5) is 4.79 Å². The first-order valence-corrected chi connectivity index (χ1v) is 9.73. The van der Waals surface area contributed by atoms with Gasteiger partial charge in [-0.3, -0.25) is 14.5 Å². The Bertz CT molecular complexity index is 998. The maximum atomic E-state index is 12.3. The molecule has 1 aromatic carbocycles. The number of hydrogen-bond donors (Lipinski definition) is 2. The number of para-hydroxylation sites is 1. The van der Waals surface area contributed by atoms with Crippen LogP contribution in [0.15, 0.2) is 35.5 Å². The molecule has 0 aliphatic heterocycles. The number of rotatable bonds is 5. The maximum Gasteiger partial charge on any atom is 0.321 e. The Kier molecular flexibility index (Phi) is 5.65. The van der Waals surface area contributed by atoms with Crippen molar-refractivity contribution in [3.05, 3.63) is 35.9 Å². The number of aromatic nitrogens is 3. The number of fused-ring (bicyclic) bond motifs is 3. The Morgan fingerprint density at radius 2 is 1.93 bits per heavy atom. The third-order valence-electron chi connectivity index (χ3n) is 4.13. The smallest absolute Gasteiger partial charge is 0.321 e. The van der Waals surface area contributed by atoms with Crippen LogP contribution in [-0.4, -0.2) is 38.3 Å². The van der Waals surface area contributed by atoms with E-state index >= 15 is 0 Å². The van der Waals surface area contributed by atoms with Crippen molar-refractivity contribution in [1.82, 2.24) is 25.2 Å². The summed E-state index contributed by atoms with van der Waals surface area (Å²) in [6.07, 6.45) is 0. The number of aryl methyl sites for hydroxylation is 1. The van der Waals surface area contributed by atoms with Crippen LogP contribution < -0.4 is 10.6 Å². The van der Waals surface area contributed by atoms with Crippen molar-refractivity contribution in [3.63, 3.8) is 0 Å². The van der Waals surface area contributed by atoms with Gasteiger partial charge in [0.1, 0.15) is 0 Å². The van der Waals surface area contributed by atoms with Crippen LogP contribution in [0.5, 0.6) is 0 Å². The van der Waals surface area contributed by atoms with Crippen molar-refractivity contribution >= 4 is 40.3 Å². The number of carbonyl (C=O) groups excluding carboxylic acids is 2. The van der Waals surface area contributed by atoms with Gasteiger partial charge < -0.3 is 5.32 Å². The summed E-state index contributed by atoms with van der Waals surface area (Å²) < 4.78 is 1.94. The summed E-state index contributed by atoms with van der Waals surface area (Å²) in [7, 11) is 0. The zero-order valence-corrected chi connectivity index (χ0v) is 16.6. The zero-order chi connectivity index (χ0) is 19.6. The van der Waals surface area contributed by atoms with E-state index in [0.717, 1.165) is 22.1 Å². The SMILES string of the molecule is Cc1cc2nnc(SC(C)C(=O)NC(=O)NCC(C)C)n2c2ccccc12. The largest absolute Gasteiger partial charge is 0.338 e. The van der Waals surface area contributed by atoms with E-state index in [2.05, 4.69) is 20.8 Å². The lowest BCUT2D eigenvalue weighted by Crippen LogP contribution is -2.43. The molecule has 0 spiro atoms. The Balaban J connectivity index is 1.79. The lowest BCUT2D eigenvalue weighted by molar-refractivity contribution is -0.119. The summed E-state index contributed by atoms with van der Waals surface area (Å²) in [6.45, 7) is 8.27.